The molecule has 128 valence electrons. The first kappa shape index (κ1) is 15.8. The van der Waals surface area contributed by atoms with E-state index in [0.29, 0.717) is 5.69 Å². The summed E-state index contributed by atoms with van der Waals surface area (Å²) in [5.41, 5.74) is 2.46. The summed E-state index contributed by atoms with van der Waals surface area (Å²) in [6.07, 6.45) is 5.11. The number of anilines is 1. The van der Waals surface area contributed by atoms with E-state index < -0.39 is 0 Å². The lowest BCUT2D eigenvalue weighted by Gasteiger charge is -2.32. The fourth-order valence-corrected chi connectivity index (χ4v) is 3.24. The Hall–Kier alpha value is -2.73. The first-order valence-corrected chi connectivity index (χ1v) is 8.50. The first-order valence-electron chi connectivity index (χ1n) is 8.50. The summed E-state index contributed by atoms with van der Waals surface area (Å²) in [6, 6.07) is 7.89. The lowest BCUT2D eigenvalue weighted by Crippen LogP contribution is -2.45. The SMILES string of the molecule is Cc1cccc2c[n+]([O-])c(-c3cnc(N4CCN(C)CC4)nc3)cc12. The summed E-state index contributed by atoms with van der Waals surface area (Å²) in [5, 5.41) is 14.4. The maximum Gasteiger partial charge on any atom is 0.227 e. The van der Waals surface area contributed by atoms with Gasteiger partial charge in [0.15, 0.2) is 6.20 Å². The van der Waals surface area contributed by atoms with Gasteiger partial charge in [-0.3, -0.25) is 0 Å². The number of aromatic nitrogens is 3. The molecule has 1 fully saturated rings. The van der Waals surface area contributed by atoms with Crippen molar-refractivity contribution in [2.45, 2.75) is 6.92 Å². The van der Waals surface area contributed by atoms with Crippen molar-refractivity contribution >= 4 is 16.7 Å². The lowest BCUT2D eigenvalue weighted by molar-refractivity contribution is -0.592. The van der Waals surface area contributed by atoms with Crippen LogP contribution in [0.2, 0.25) is 0 Å². The molecule has 0 amide bonds. The van der Waals surface area contributed by atoms with Crippen molar-refractivity contribution in [3.05, 3.63) is 53.6 Å². The molecular formula is C19H21N5O. The highest BCUT2D eigenvalue weighted by Gasteiger charge is 2.18. The van der Waals surface area contributed by atoms with Crippen molar-refractivity contribution in [3.63, 3.8) is 0 Å². The first-order chi connectivity index (χ1) is 12.1. The number of hydrogen-bond acceptors (Lipinski definition) is 5. The van der Waals surface area contributed by atoms with E-state index in [-0.39, 0.29) is 0 Å². The van der Waals surface area contributed by atoms with Gasteiger partial charge in [0.1, 0.15) is 0 Å². The Bertz CT molecular complexity index is 902. The molecule has 2 aromatic heterocycles. The molecular weight excluding hydrogens is 314 g/mol. The van der Waals surface area contributed by atoms with Crippen LogP contribution in [0.15, 0.2) is 42.9 Å². The van der Waals surface area contributed by atoms with Crippen LogP contribution in [0.5, 0.6) is 0 Å². The van der Waals surface area contributed by atoms with E-state index in [1.807, 2.05) is 31.2 Å². The van der Waals surface area contributed by atoms with Gasteiger partial charge in [0.05, 0.1) is 5.56 Å². The Labute approximate surface area is 146 Å². The van der Waals surface area contributed by atoms with Gasteiger partial charge in [0, 0.05) is 50.0 Å². The van der Waals surface area contributed by atoms with Crippen LogP contribution >= 0.6 is 0 Å². The fourth-order valence-electron chi connectivity index (χ4n) is 3.24. The van der Waals surface area contributed by atoms with Gasteiger partial charge < -0.3 is 15.0 Å². The zero-order valence-electron chi connectivity index (χ0n) is 14.5. The fraction of sp³-hybridized carbons (Fsp3) is 0.316. The normalized spacial score (nSPS) is 15.7. The number of pyridine rings is 1. The predicted molar refractivity (Wildman–Crippen MR) is 98.4 cm³/mol. The highest BCUT2D eigenvalue weighted by molar-refractivity contribution is 5.86. The van der Waals surface area contributed by atoms with Gasteiger partial charge >= 0.3 is 0 Å². The average Bonchev–Trinajstić information content (AvgIpc) is 2.62. The Morgan fingerprint density at radius 1 is 1.08 bits per heavy atom. The molecule has 1 aliphatic rings. The number of aryl methyl sites for hydroxylation is 1. The molecule has 25 heavy (non-hydrogen) atoms. The minimum Gasteiger partial charge on any atom is -0.618 e. The predicted octanol–water partition coefficient (Wildman–Crippen LogP) is 1.99. The molecule has 4 rings (SSSR count). The van der Waals surface area contributed by atoms with Crippen LogP contribution in [0.25, 0.3) is 22.0 Å². The Balaban J connectivity index is 1.67. The molecule has 0 atom stereocenters. The largest absolute Gasteiger partial charge is 0.618 e. The lowest BCUT2D eigenvalue weighted by atomic mass is 10.1. The number of fused-ring (bicyclic) bond motifs is 1. The monoisotopic (exact) mass is 335 g/mol. The van der Waals surface area contributed by atoms with Crippen LogP contribution in [0.1, 0.15) is 5.56 Å². The van der Waals surface area contributed by atoms with E-state index in [1.165, 1.54) is 0 Å². The molecule has 6 heteroatoms. The van der Waals surface area contributed by atoms with E-state index in [1.54, 1.807) is 18.6 Å². The second-order valence-electron chi connectivity index (χ2n) is 6.62. The van der Waals surface area contributed by atoms with Gasteiger partial charge in [-0.05, 0) is 31.0 Å². The minimum atomic E-state index is 0.576. The number of rotatable bonds is 2. The van der Waals surface area contributed by atoms with E-state index in [9.17, 15) is 5.21 Å². The Morgan fingerprint density at radius 2 is 1.80 bits per heavy atom. The third kappa shape index (κ3) is 3.00. The van der Waals surface area contributed by atoms with Gasteiger partial charge in [-0.25, -0.2) is 9.97 Å². The summed E-state index contributed by atoms with van der Waals surface area (Å²) < 4.78 is 0.899. The maximum absolute atomic E-state index is 12.4. The Morgan fingerprint density at radius 3 is 2.52 bits per heavy atom. The van der Waals surface area contributed by atoms with Crippen molar-refractivity contribution in [2.75, 3.05) is 38.1 Å². The number of benzene rings is 1. The summed E-state index contributed by atoms with van der Waals surface area (Å²) >= 11 is 0. The molecule has 1 aromatic carbocycles. The molecule has 0 unspecified atom stereocenters. The third-order valence-electron chi connectivity index (χ3n) is 4.85. The number of nitrogens with zero attached hydrogens (tertiary/aromatic N) is 5. The summed E-state index contributed by atoms with van der Waals surface area (Å²) in [4.78, 5) is 13.5. The average molecular weight is 335 g/mol. The van der Waals surface area contributed by atoms with Crippen molar-refractivity contribution < 1.29 is 4.73 Å². The van der Waals surface area contributed by atoms with Crippen molar-refractivity contribution in [1.29, 1.82) is 0 Å². The minimum absolute atomic E-state index is 0.576. The van der Waals surface area contributed by atoms with Gasteiger partial charge in [0.25, 0.3) is 0 Å². The maximum atomic E-state index is 12.4. The molecule has 1 aliphatic heterocycles. The smallest absolute Gasteiger partial charge is 0.227 e. The molecule has 0 bridgehead atoms. The molecule has 3 aromatic rings. The quantitative estimate of drug-likeness (QED) is 0.529. The van der Waals surface area contributed by atoms with E-state index >= 15 is 0 Å². The molecule has 1 saturated heterocycles. The summed E-state index contributed by atoms with van der Waals surface area (Å²) in [6.45, 7) is 5.92. The van der Waals surface area contributed by atoms with Gasteiger partial charge in [-0.1, -0.05) is 12.1 Å². The van der Waals surface area contributed by atoms with E-state index in [2.05, 4.69) is 26.8 Å². The van der Waals surface area contributed by atoms with Gasteiger partial charge in [-0.15, -0.1) is 0 Å². The summed E-state index contributed by atoms with van der Waals surface area (Å²) in [5.74, 6) is 0.728. The number of piperazine rings is 1. The second-order valence-corrected chi connectivity index (χ2v) is 6.62. The molecule has 3 heterocycles. The van der Waals surface area contributed by atoms with E-state index in [0.717, 1.165) is 58.8 Å². The third-order valence-corrected chi connectivity index (χ3v) is 4.85. The number of hydrogen-bond donors (Lipinski definition) is 0. The van der Waals surface area contributed by atoms with Crippen LogP contribution in [0, 0.1) is 12.1 Å². The van der Waals surface area contributed by atoms with Crippen LogP contribution in [0.3, 0.4) is 0 Å². The van der Waals surface area contributed by atoms with Gasteiger partial charge in [-0.2, -0.15) is 4.73 Å². The van der Waals surface area contributed by atoms with Crippen molar-refractivity contribution in [2.24, 2.45) is 0 Å². The number of likely N-dealkylation sites (N-methyl/N-ethyl adjacent to an activating group) is 1. The highest BCUT2D eigenvalue weighted by atomic mass is 16.5. The van der Waals surface area contributed by atoms with Crippen LogP contribution in [0.4, 0.5) is 5.95 Å². The van der Waals surface area contributed by atoms with Gasteiger partial charge in [0.2, 0.25) is 11.6 Å². The molecule has 0 aliphatic carbocycles. The van der Waals surface area contributed by atoms with Crippen LogP contribution in [-0.2, 0) is 0 Å². The molecule has 0 spiro atoms. The van der Waals surface area contributed by atoms with Crippen LogP contribution in [-0.4, -0.2) is 48.1 Å². The Kier molecular flexibility index (Phi) is 3.97. The van der Waals surface area contributed by atoms with Crippen LogP contribution < -0.4 is 9.63 Å². The molecule has 0 radical (unpaired) electrons. The van der Waals surface area contributed by atoms with Crippen molar-refractivity contribution in [1.82, 2.24) is 14.9 Å². The van der Waals surface area contributed by atoms with Crippen molar-refractivity contribution in [3.8, 4) is 11.3 Å². The zero-order chi connectivity index (χ0) is 17.4. The molecule has 6 nitrogen and oxygen atoms in total. The summed E-state index contributed by atoms with van der Waals surface area (Å²) in [7, 11) is 2.12. The van der Waals surface area contributed by atoms with E-state index in [4.69, 9.17) is 0 Å². The zero-order valence-corrected chi connectivity index (χ0v) is 14.5. The second kappa shape index (κ2) is 6.29. The molecule has 0 saturated carbocycles. The molecule has 0 N–H and O–H groups in total. The topological polar surface area (TPSA) is 59.2 Å². The highest BCUT2D eigenvalue weighted by Crippen LogP contribution is 2.23. The standard InChI is InChI=1S/C19H21N5O/c1-14-4-3-5-15-13-24(25)18(10-17(14)15)16-11-20-19(21-12-16)23-8-6-22(2)7-9-23/h3-5,10-13H,6-9H2,1-2H3.